The van der Waals surface area contributed by atoms with E-state index in [1.54, 1.807) is 13.2 Å². The van der Waals surface area contributed by atoms with Crippen molar-refractivity contribution in [1.29, 1.82) is 0 Å². The lowest BCUT2D eigenvalue weighted by Crippen LogP contribution is -2.32. The highest BCUT2D eigenvalue weighted by Gasteiger charge is 2.04. The molecule has 4 nitrogen and oxygen atoms in total. The molecule has 1 aromatic rings. The van der Waals surface area contributed by atoms with E-state index in [0.29, 0.717) is 11.7 Å². The van der Waals surface area contributed by atoms with E-state index in [4.69, 9.17) is 12.2 Å². The smallest absolute Gasteiger partial charge is 0.166 e. The van der Waals surface area contributed by atoms with Crippen molar-refractivity contribution in [3.63, 3.8) is 0 Å². The van der Waals surface area contributed by atoms with Crippen LogP contribution in [0.1, 0.15) is 5.56 Å². The highest BCUT2D eigenvalue weighted by Crippen LogP contribution is 2.13. The Kier molecular flexibility index (Phi) is 4.30. The zero-order valence-corrected chi connectivity index (χ0v) is 10.1. The number of nitrogens with zero attached hydrogens (tertiary/aromatic N) is 2. The van der Waals surface area contributed by atoms with Crippen molar-refractivity contribution in [3.05, 3.63) is 23.9 Å². The standard InChI is InChI=1S/C10H16N4S/c1-11-10(15)13-7-8-5-4-6-12-9(8)14(2)3/h4-6H,7H2,1-3H3,(H2,11,13,15). The average Bonchev–Trinajstić information content (AvgIpc) is 2.26. The van der Waals surface area contributed by atoms with Gasteiger partial charge in [-0.2, -0.15) is 0 Å². The molecule has 0 aromatic carbocycles. The fourth-order valence-electron chi connectivity index (χ4n) is 1.23. The van der Waals surface area contributed by atoms with Crippen LogP contribution >= 0.6 is 12.2 Å². The molecule has 0 aliphatic heterocycles. The molecule has 0 aliphatic carbocycles. The van der Waals surface area contributed by atoms with Gasteiger partial charge in [0.05, 0.1) is 0 Å². The molecule has 0 amide bonds. The number of hydrogen-bond acceptors (Lipinski definition) is 3. The number of nitrogens with one attached hydrogen (secondary N) is 2. The maximum absolute atomic E-state index is 5.01. The largest absolute Gasteiger partial charge is 0.366 e. The summed E-state index contributed by atoms with van der Waals surface area (Å²) in [7, 11) is 5.75. The molecule has 0 aliphatic rings. The summed E-state index contributed by atoms with van der Waals surface area (Å²) in [6.45, 7) is 0.682. The first-order chi connectivity index (χ1) is 7.15. The summed E-state index contributed by atoms with van der Waals surface area (Å²) in [6.07, 6.45) is 1.79. The molecule has 0 radical (unpaired) electrons. The minimum absolute atomic E-state index is 0.642. The van der Waals surface area contributed by atoms with Crippen LogP contribution in [0.15, 0.2) is 18.3 Å². The topological polar surface area (TPSA) is 40.2 Å². The molecular formula is C10H16N4S. The molecule has 0 atom stereocenters. The van der Waals surface area contributed by atoms with Gasteiger partial charge in [0.2, 0.25) is 0 Å². The maximum atomic E-state index is 5.01. The van der Waals surface area contributed by atoms with Crippen LogP contribution in [0, 0.1) is 0 Å². The van der Waals surface area contributed by atoms with Crippen LogP contribution in [0.3, 0.4) is 0 Å². The van der Waals surface area contributed by atoms with Crippen molar-refractivity contribution in [2.24, 2.45) is 0 Å². The van der Waals surface area contributed by atoms with Crippen LogP contribution in [0.4, 0.5) is 5.82 Å². The number of thiocarbonyl (C=S) groups is 1. The van der Waals surface area contributed by atoms with Gasteiger partial charge in [0, 0.05) is 39.4 Å². The third-order valence-corrected chi connectivity index (χ3v) is 2.31. The van der Waals surface area contributed by atoms with Crippen LogP contribution in [0.5, 0.6) is 0 Å². The summed E-state index contributed by atoms with van der Waals surface area (Å²) < 4.78 is 0. The van der Waals surface area contributed by atoms with E-state index >= 15 is 0 Å². The Balaban J connectivity index is 2.71. The molecular weight excluding hydrogens is 208 g/mol. The Hall–Kier alpha value is -1.36. The van der Waals surface area contributed by atoms with Gasteiger partial charge in [0.15, 0.2) is 5.11 Å². The highest BCUT2D eigenvalue weighted by atomic mass is 32.1. The third-order valence-electron chi connectivity index (χ3n) is 1.96. The van der Waals surface area contributed by atoms with E-state index < -0.39 is 0 Å². The molecule has 1 aromatic heterocycles. The predicted molar refractivity (Wildman–Crippen MR) is 67.1 cm³/mol. The van der Waals surface area contributed by atoms with Gasteiger partial charge >= 0.3 is 0 Å². The van der Waals surface area contributed by atoms with Gasteiger partial charge in [-0.05, 0) is 18.3 Å². The summed E-state index contributed by atoms with van der Waals surface area (Å²) in [5, 5.41) is 6.61. The van der Waals surface area contributed by atoms with E-state index in [1.807, 2.05) is 31.1 Å². The quantitative estimate of drug-likeness (QED) is 0.741. The fourth-order valence-corrected chi connectivity index (χ4v) is 1.31. The Morgan fingerprint density at radius 2 is 2.27 bits per heavy atom. The van der Waals surface area contributed by atoms with Crippen LogP contribution in [0.2, 0.25) is 0 Å². The molecule has 0 saturated heterocycles. The minimum Gasteiger partial charge on any atom is -0.366 e. The predicted octanol–water partition coefficient (Wildman–Crippen LogP) is 0.741. The van der Waals surface area contributed by atoms with Crippen molar-refractivity contribution in [1.82, 2.24) is 15.6 Å². The van der Waals surface area contributed by atoms with Crippen molar-refractivity contribution in [3.8, 4) is 0 Å². The van der Waals surface area contributed by atoms with Gasteiger partial charge in [0.25, 0.3) is 0 Å². The van der Waals surface area contributed by atoms with E-state index in [0.717, 1.165) is 11.4 Å². The molecule has 0 spiro atoms. The van der Waals surface area contributed by atoms with E-state index in [2.05, 4.69) is 15.6 Å². The molecule has 1 rings (SSSR count). The molecule has 15 heavy (non-hydrogen) atoms. The second-order valence-corrected chi connectivity index (χ2v) is 3.72. The molecule has 1 heterocycles. The van der Waals surface area contributed by atoms with E-state index in [9.17, 15) is 0 Å². The SMILES string of the molecule is CNC(=S)NCc1cccnc1N(C)C. The van der Waals surface area contributed by atoms with Crippen molar-refractivity contribution >= 4 is 23.1 Å². The van der Waals surface area contributed by atoms with Gasteiger partial charge in [-0.1, -0.05) is 6.07 Å². The van der Waals surface area contributed by atoms with Gasteiger partial charge in [0.1, 0.15) is 5.82 Å². The number of pyridine rings is 1. The maximum Gasteiger partial charge on any atom is 0.166 e. The van der Waals surface area contributed by atoms with E-state index in [1.165, 1.54) is 0 Å². The lowest BCUT2D eigenvalue weighted by atomic mass is 10.2. The Morgan fingerprint density at radius 3 is 2.87 bits per heavy atom. The second-order valence-electron chi connectivity index (χ2n) is 3.31. The van der Waals surface area contributed by atoms with Crippen molar-refractivity contribution < 1.29 is 0 Å². The lowest BCUT2D eigenvalue weighted by Gasteiger charge is -2.16. The van der Waals surface area contributed by atoms with Crippen LogP contribution in [0.25, 0.3) is 0 Å². The molecule has 0 unspecified atom stereocenters. The van der Waals surface area contributed by atoms with Gasteiger partial charge in [-0.25, -0.2) is 4.98 Å². The zero-order valence-electron chi connectivity index (χ0n) is 9.24. The molecule has 82 valence electrons. The third kappa shape index (κ3) is 3.36. The Morgan fingerprint density at radius 1 is 1.53 bits per heavy atom. The molecule has 5 heteroatoms. The second kappa shape index (κ2) is 5.50. The van der Waals surface area contributed by atoms with Gasteiger partial charge in [-0.15, -0.1) is 0 Å². The summed E-state index contributed by atoms with van der Waals surface area (Å²) in [6, 6.07) is 3.96. The normalized spacial score (nSPS) is 9.53. The van der Waals surface area contributed by atoms with Crippen LogP contribution in [-0.2, 0) is 6.54 Å². The van der Waals surface area contributed by atoms with Crippen LogP contribution < -0.4 is 15.5 Å². The average molecular weight is 224 g/mol. The lowest BCUT2D eigenvalue weighted by molar-refractivity contribution is 0.873. The monoisotopic (exact) mass is 224 g/mol. The van der Waals surface area contributed by atoms with Gasteiger partial charge < -0.3 is 15.5 Å². The summed E-state index contributed by atoms with van der Waals surface area (Å²) in [5.74, 6) is 0.962. The molecule has 0 saturated carbocycles. The molecule has 0 bridgehead atoms. The first-order valence-electron chi connectivity index (χ1n) is 4.72. The zero-order chi connectivity index (χ0) is 11.3. The molecule has 2 N–H and O–H groups in total. The summed E-state index contributed by atoms with van der Waals surface area (Å²) >= 11 is 5.01. The Bertz CT molecular complexity index is 338. The minimum atomic E-state index is 0.642. The van der Waals surface area contributed by atoms with Crippen molar-refractivity contribution in [2.75, 3.05) is 26.0 Å². The fraction of sp³-hybridized carbons (Fsp3) is 0.400. The Labute approximate surface area is 95.7 Å². The number of rotatable bonds is 3. The van der Waals surface area contributed by atoms with E-state index in [-0.39, 0.29) is 0 Å². The summed E-state index contributed by atoms with van der Waals surface area (Å²) in [5.41, 5.74) is 1.13. The van der Waals surface area contributed by atoms with Crippen LogP contribution in [-0.4, -0.2) is 31.2 Å². The first kappa shape index (κ1) is 11.7. The molecule has 0 fully saturated rings. The number of hydrogen-bond donors (Lipinski definition) is 2. The first-order valence-corrected chi connectivity index (χ1v) is 5.12. The number of anilines is 1. The highest BCUT2D eigenvalue weighted by molar-refractivity contribution is 7.80. The van der Waals surface area contributed by atoms with Gasteiger partial charge in [-0.3, -0.25) is 0 Å². The number of aromatic nitrogens is 1. The summed E-state index contributed by atoms with van der Waals surface area (Å²) in [4.78, 5) is 6.29. The van der Waals surface area contributed by atoms with Crippen molar-refractivity contribution in [2.45, 2.75) is 6.54 Å².